The molecule has 0 radical (unpaired) electrons. The third-order valence-electron chi connectivity index (χ3n) is 2.42. The molecule has 1 aliphatic heterocycles. The van der Waals surface area contributed by atoms with Crippen LogP contribution in [0.4, 0.5) is 0 Å². The maximum atomic E-state index is 4.58. The van der Waals surface area contributed by atoms with Gasteiger partial charge in [0.2, 0.25) is 0 Å². The van der Waals surface area contributed by atoms with Crippen LogP contribution < -0.4 is 10.6 Å². The normalized spacial score (nSPS) is 13.1. The van der Waals surface area contributed by atoms with Gasteiger partial charge in [-0.2, -0.15) is 0 Å². The van der Waals surface area contributed by atoms with Crippen molar-refractivity contribution in [3.05, 3.63) is 56.7 Å². The largest absolute Gasteiger partial charge is 0.279 e. The molecule has 0 bridgehead atoms. The second-order valence-corrected chi connectivity index (χ2v) is 4.32. The van der Waals surface area contributed by atoms with E-state index in [0.717, 1.165) is 11.9 Å². The SMILES string of the molecule is C1=c2ccccc2=NCc2sccc21. The second kappa shape index (κ2) is 3.07. The molecule has 3 rings (SSSR count). The standard InChI is InChI=1S/C12H9NS/c1-2-4-11-9(3-1)7-10-5-6-14-12(10)8-13-11/h1-7H,8H2. The van der Waals surface area contributed by atoms with E-state index >= 15 is 0 Å². The van der Waals surface area contributed by atoms with Crippen molar-refractivity contribution in [2.24, 2.45) is 4.99 Å². The summed E-state index contributed by atoms with van der Waals surface area (Å²) in [5, 5.41) is 4.46. The lowest BCUT2D eigenvalue weighted by molar-refractivity contribution is 1.03. The molecule has 1 aromatic heterocycles. The topological polar surface area (TPSA) is 12.4 Å². The van der Waals surface area contributed by atoms with Crippen LogP contribution in [-0.4, -0.2) is 0 Å². The molecule has 0 saturated heterocycles. The number of para-hydroxylation sites is 1. The van der Waals surface area contributed by atoms with E-state index in [1.807, 2.05) is 6.07 Å². The molecule has 0 amide bonds. The van der Waals surface area contributed by atoms with E-state index in [0.29, 0.717) is 0 Å². The Labute approximate surface area is 86.1 Å². The molecule has 1 aromatic carbocycles. The van der Waals surface area contributed by atoms with E-state index < -0.39 is 0 Å². The van der Waals surface area contributed by atoms with Gasteiger partial charge < -0.3 is 0 Å². The van der Waals surface area contributed by atoms with Crippen LogP contribution >= 0.6 is 11.3 Å². The number of hydrogen-bond acceptors (Lipinski definition) is 2. The molecule has 1 aliphatic rings. The van der Waals surface area contributed by atoms with Crippen LogP contribution in [-0.2, 0) is 6.54 Å². The molecule has 0 unspecified atom stereocenters. The lowest BCUT2D eigenvalue weighted by Gasteiger charge is -1.89. The number of rotatable bonds is 0. The highest BCUT2D eigenvalue weighted by atomic mass is 32.1. The molecule has 0 fully saturated rings. The summed E-state index contributed by atoms with van der Waals surface area (Å²) in [4.78, 5) is 5.94. The third kappa shape index (κ3) is 1.19. The molecule has 0 saturated carbocycles. The van der Waals surface area contributed by atoms with Crippen molar-refractivity contribution < 1.29 is 0 Å². The Kier molecular flexibility index (Phi) is 1.74. The van der Waals surface area contributed by atoms with Crippen LogP contribution in [0.1, 0.15) is 10.4 Å². The smallest absolute Gasteiger partial charge is 0.0746 e. The Hall–Kier alpha value is -1.41. The van der Waals surface area contributed by atoms with Crippen LogP contribution in [0.15, 0.2) is 40.7 Å². The Morgan fingerprint density at radius 1 is 1.14 bits per heavy atom. The minimum absolute atomic E-state index is 0.820. The molecule has 0 N–H and O–H groups in total. The zero-order valence-corrected chi connectivity index (χ0v) is 8.42. The first-order chi connectivity index (χ1) is 6.93. The summed E-state index contributed by atoms with van der Waals surface area (Å²) in [7, 11) is 0. The minimum atomic E-state index is 0.820. The monoisotopic (exact) mass is 199 g/mol. The fraction of sp³-hybridized carbons (Fsp3) is 0.0833. The van der Waals surface area contributed by atoms with Gasteiger partial charge in [0.25, 0.3) is 0 Å². The lowest BCUT2D eigenvalue weighted by atomic mass is 10.2. The third-order valence-corrected chi connectivity index (χ3v) is 3.34. The van der Waals surface area contributed by atoms with Gasteiger partial charge in [0.15, 0.2) is 0 Å². The van der Waals surface area contributed by atoms with Crippen LogP contribution in [0.2, 0.25) is 0 Å². The van der Waals surface area contributed by atoms with Gasteiger partial charge in [-0.1, -0.05) is 18.2 Å². The van der Waals surface area contributed by atoms with Crippen LogP contribution in [0.3, 0.4) is 0 Å². The quantitative estimate of drug-likeness (QED) is 0.612. The van der Waals surface area contributed by atoms with E-state index in [2.05, 4.69) is 40.7 Å². The molecule has 14 heavy (non-hydrogen) atoms. The predicted molar refractivity (Wildman–Crippen MR) is 58.8 cm³/mol. The summed E-state index contributed by atoms with van der Waals surface area (Å²) in [5.74, 6) is 0. The van der Waals surface area contributed by atoms with Gasteiger partial charge in [-0.3, -0.25) is 4.99 Å². The maximum Gasteiger partial charge on any atom is 0.0746 e. The van der Waals surface area contributed by atoms with Gasteiger partial charge in [-0.25, -0.2) is 0 Å². The number of benzene rings is 1. The van der Waals surface area contributed by atoms with Crippen molar-refractivity contribution in [2.75, 3.05) is 0 Å². The fourth-order valence-corrected chi connectivity index (χ4v) is 2.47. The van der Waals surface area contributed by atoms with Gasteiger partial charge in [0.05, 0.1) is 11.9 Å². The van der Waals surface area contributed by atoms with E-state index in [4.69, 9.17) is 0 Å². The number of nitrogens with zero attached hydrogens (tertiary/aromatic N) is 1. The Morgan fingerprint density at radius 2 is 2.07 bits per heavy atom. The molecule has 0 atom stereocenters. The second-order valence-electron chi connectivity index (χ2n) is 3.32. The Balaban J connectivity index is 2.38. The predicted octanol–water partition coefficient (Wildman–Crippen LogP) is 1.71. The average Bonchev–Trinajstić information content (AvgIpc) is 2.58. The first kappa shape index (κ1) is 7.94. The zero-order valence-electron chi connectivity index (χ0n) is 7.60. The number of fused-ring (bicyclic) bond motifs is 2. The number of hydrogen-bond donors (Lipinski definition) is 0. The first-order valence-corrected chi connectivity index (χ1v) is 5.49. The molecule has 2 heteroatoms. The van der Waals surface area contributed by atoms with Crippen molar-refractivity contribution in [1.82, 2.24) is 0 Å². The van der Waals surface area contributed by atoms with Gasteiger partial charge in [0, 0.05) is 10.1 Å². The van der Waals surface area contributed by atoms with Crippen LogP contribution in [0.25, 0.3) is 6.08 Å². The molecule has 0 spiro atoms. The van der Waals surface area contributed by atoms with Gasteiger partial charge >= 0.3 is 0 Å². The van der Waals surface area contributed by atoms with Crippen molar-refractivity contribution in [3.8, 4) is 0 Å². The highest BCUT2D eigenvalue weighted by Gasteiger charge is 2.03. The van der Waals surface area contributed by atoms with Crippen molar-refractivity contribution in [3.63, 3.8) is 0 Å². The highest BCUT2D eigenvalue weighted by Crippen LogP contribution is 2.18. The fourth-order valence-electron chi connectivity index (χ4n) is 1.69. The Morgan fingerprint density at radius 3 is 3.07 bits per heavy atom. The summed E-state index contributed by atoms with van der Waals surface area (Å²) >= 11 is 1.78. The van der Waals surface area contributed by atoms with Crippen molar-refractivity contribution >= 4 is 17.4 Å². The molecule has 0 aliphatic carbocycles. The van der Waals surface area contributed by atoms with E-state index in [9.17, 15) is 0 Å². The summed E-state index contributed by atoms with van der Waals surface area (Å²) in [6.45, 7) is 0.820. The van der Waals surface area contributed by atoms with Gasteiger partial charge in [-0.05, 0) is 29.2 Å². The summed E-state index contributed by atoms with van der Waals surface area (Å²) < 4.78 is 0. The van der Waals surface area contributed by atoms with Gasteiger partial charge in [0.1, 0.15) is 0 Å². The van der Waals surface area contributed by atoms with Crippen LogP contribution in [0, 0.1) is 0 Å². The van der Waals surface area contributed by atoms with E-state index in [1.54, 1.807) is 11.3 Å². The molecule has 2 aromatic rings. The van der Waals surface area contributed by atoms with E-state index in [-0.39, 0.29) is 0 Å². The summed E-state index contributed by atoms with van der Waals surface area (Å²) in [6.07, 6.45) is 2.22. The summed E-state index contributed by atoms with van der Waals surface area (Å²) in [6, 6.07) is 10.4. The minimum Gasteiger partial charge on any atom is -0.279 e. The van der Waals surface area contributed by atoms with Gasteiger partial charge in [-0.15, -0.1) is 11.3 Å². The summed E-state index contributed by atoms with van der Waals surface area (Å²) in [5.41, 5.74) is 1.32. The van der Waals surface area contributed by atoms with Crippen molar-refractivity contribution in [1.29, 1.82) is 0 Å². The molecule has 2 heterocycles. The van der Waals surface area contributed by atoms with E-state index in [1.165, 1.54) is 15.7 Å². The van der Waals surface area contributed by atoms with Crippen molar-refractivity contribution in [2.45, 2.75) is 6.54 Å². The zero-order chi connectivity index (χ0) is 9.38. The average molecular weight is 199 g/mol. The lowest BCUT2D eigenvalue weighted by Crippen LogP contribution is -2.23. The number of thiophene rings is 1. The molecule has 1 nitrogen and oxygen atoms in total. The van der Waals surface area contributed by atoms with Crippen LogP contribution in [0.5, 0.6) is 0 Å². The molecular weight excluding hydrogens is 190 g/mol. The first-order valence-electron chi connectivity index (χ1n) is 4.61. The molecular formula is C12H9NS. The Bertz CT molecular complexity index is 580. The highest BCUT2D eigenvalue weighted by molar-refractivity contribution is 7.10. The molecule has 68 valence electrons. The maximum absolute atomic E-state index is 4.58.